The molecule has 0 unspecified atom stereocenters. The summed E-state index contributed by atoms with van der Waals surface area (Å²) in [4.78, 5) is 0. The van der Waals surface area contributed by atoms with E-state index in [1.54, 1.807) is 0 Å². The summed E-state index contributed by atoms with van der Waals surface area (Å²) in [5.74, 6) is 0.958. The Morgan fingerprint density at radius 2 is 1.78 bits per heavy atom. The second-order valence-corrected chi connectivity index (χ2v) is 4.40. The monoisotopic (exact) mass is 254 g/mol. The van der Waals surface area contributed by atoms with Crippen molar-refractivity contribution in [3.05, 3.63) is 0 Å². The lowest BCUT2D eigenvalue weighted by Gasteiger charge is -2.44. The molecule has 0 spiro atoms. The zero-order chi connectivity index (χ0) is 6.91. The van der Waals surface area contributed by atoms with Crippen molar-refractivity contribution in [2.24, 2.45) is 11.3 Å². The van der Waals surface area contributed by atoms with Gasteiger partial charge in [0, 0.05) is 10.7 Å². The van der Waals surface area contributed by atoms with Gasteiger partial charge in [0.05, 0.1) is 0 Å². The molecular formula is C7H12Br2. The van der Waals surface area contributed by atoms with Gasteiger partial charge in [0.2, 0.25) is 0 Å². The van der Waals surface area contributed by atoms with Crippen LogP contribution in [-0.4, -0.2) is 10.7 Å². The third-order valence-electron chi connectivity index (χ3n) is 2.13. The van der Waals surface area contributed by atoms with E-state index < -0.39 is 0 Å². The van der Waals surface area contributed by atoms with Gasteiger partial charge in [-0.2, -0.15) is 0 Å². The summed E-state index contributed by atoms with van der Waals surface area (Å²) in [6.07, 6.45) is 2.78. The van der Waals surface area contributed by atoms with Crippen molar-refractivity contribution in [2.75, 3.05) is 10.7 Å². The fourth-order valence-corrected chi connectivity index (χ4v) is 3.52. The predicted octanol–water partition coefficient (Wildman–Crippen LogP) is 3.19. The molecule has 0 radical (unpaired) electrons. The molecule has 54 valence electrons. The maximum Gasteiger partial charge on any atom is 0.00961 e. The van der Waals surface area contributed by atoms with E-state index in [1.165, 1.54) is 12.8 Å². The Bertz CT molecular complexity index is 89.1. The fraction of sp³-hybridized carbons (Fsp3) is 1.00. The first kappa shape index (κ1) is 8.06. The lowest BCUT2D eigenvalue weighted by atomic mass is 9.65. The Balaban J connectivity index is 2.36. The molecular weight excluding hydrogens is 244 g/mol. The molecule has 0 bridgehead atoms. The minimum Gasteiger partial charge on any atom is -0.0922 e. The molecule has 0 aromatic rings. The molecule has 2 heteroatoms. The van der Waals surface area contributed by atoms with Crippen LogP contribution in [0.2, 0.25) is 0 Å². The number of rotatable bonds is 2. The van der Waals surface area contributed by atoms with Crippen molar-refractivity contribution in [1.29, 1.82) is 0 Å². The first-order valence-corrected chi connectivity index (χ1v) is 5.59. The first-order valence-electron chi connectivity index (χ1n) is 3.34. The van der Waals surface area contributed by atoms with Crippen LogP contribution in [0, 0.1) is 11.3 Å². The Morgan fingerprint density at radius 3 is 1.89 bits per heavy atom. The summed E-state index contributed by atoms with van der Waals surface area (Å²) < 4.78 is 0. The first-order chi connectivity index (χ1) is 4.22. The van der Waals surface area contributed by atoms with E-state index in [0.717, 1.165) is 16.6 Å². The van der Waals surface area contributed by atoms with Gasteiger partial charge < -0.3 is 0 Å². The van der Waals surface area contributed by atoms with E-state index in [4.69, 9.17) is 0 Å². The zero-order valence-electron chi connectivity index (χ0n) is 5.66. The number of halogens is 2. The summed E-state index contributed by atoms with van der Waals surface area (Å²) in [5.41, 5.74) is 0.611. The standard InChI is InChI=1S/C7H12Br2/c1-6-2-7(3-6,4-8)5-9/h6H,2-5H2,1H3. The van der Waals surface area contributed by atoms with Gasteiger partial charge in [-0.15, -0.1) is 0 Å². The molecule has 0 N–H and O–H groups in total. The lowest BCUT2D eigenvalue weighted by Crippen LogP contribution is -2.38. The van der Waals surface area contributed by atoms with Crippen LogP contribution in [0.25, 0.3) is 0 Å². The van der Waals surface area contributed by atoms with Crippen LogP contribution >= 0.6 is 31.9 Å². The van der Waals surface area contributed by atoms with Crippen LogP contribution in [0.3, 0.4) is 0 Å². The van der Waals surface area contributed by atoms with Crippen molar-refractivity contribution >= 4 is 31.9 Å². The number of hydrogen-bond acceptors (Lipinski definition) is 0. The van der Waals surface area contributed by atoms with E-state index in [9.17, 15) is 0 Å². The summed E-state index contributed by atoms with van der Waals surface area (Å²) in [7, 11) is 0. The van der Waals surface area contributed by atoms with Gasteiger partial charge in [0.25, 0.3) is 0 Å². The highest BCUT2D eigenvalue weighted by Crippen LogP contribution is 2.47. The Hall–Kier alpha value is 0.960. The molecule has 9 heavy (non-hydrogen) atoms. The molecule has 0 aliphatic heterocycles. The Labute approximate surface area is 73.7 Å². The van der Waals surface area contributed by atoms with Crippen LogP contribution in [0.5, 0.6) is 0 Å². The largest absolute Gasteiger partial charge is 0.0922 e. The smallest absolute Gasteiger partial charge is 0.00961 e. The SMILES string of the molecule is CC1CC(CBr)(CBr)C1. The zero-order valence-corrected chi connectivity index (χ0v) is 8.83. The van der Waals surface area contributed by atoms with Crippen molar-refractivity contribution in [3.63, 3.8) is 0 Å². The van der Waals surface area contributed by atoms with Gasteiger partial charge >= 0.3 is 0 Å². The van der Waals surface area contributed by atoms with Crippen LogP contribution in [0.1, 0.15) is 19.8 Å². The van der Waals surface area contributed by atoms with Gasteiger partial charge in [0.15, 0.2) is 0 Å². The number of alkyl halides is 2. The van der Waals surface area contributed by atoms with Crippen molar-refractivity contribution < 1.29 is 0 Å². The molecule has 1 aliphatic rings. The van der Waals surface area contributed by atoms with Gasteiger partial charge in [0.1, 0.15) is 0 Å². The second kappa shape index (κ2) is 2.91. The topological polar surface area (TPSA) is 0 Å². The minimum absolute atomic E-state index is 0.611. The van der Waals surface area contributed by atoms with Crippen LogP contribution in [-0.2, 0) is 0 Å². The molecule has 1 rings (SSSR count). The van der Waals surface area contributed by atoms with E-state index in [2.05, 4.69) is 38.8 Å². The van der Waals surface area contributed by atoms with Gasteiger partial charge in [-0.05, 0) is 24.2 Å². The average Bonchev–Trinajstić information content (AvgIpc) is 1.81. The molecule has 0 heterocycles. The normalized spacial score (nSPS) is 25.7. The highest BCUT2D eigenvalue weighted by molar-refractivity contribution is 9.09. The van der Waals surface area contributed by atoms with Crippen LogP contribution in [0.15, 0.2) is 0 Å². The highest BCUT2D eigenvalue weighted by atomic mass is 79.9. The van der Waals surface area contributed by atoms with E-state index in [0.29, 0.717) is 5.41 Å². The number of hydrogen-bond donors (Lipinski definition) is 0. The molecule has 0 aromatic carbocycles. The molecule has 1 aliphatic carbocycles. The second-order valence-electron chi connectivity index (χ2n) is 3.28. The van der Waals surface area contributed by atoms with Gasteiger partial charge in [-0.25, -0.2) is 0 Å². The molecule has 0 saturated heterocycles. The summed E-state index contributed by atoms with van der Waals surface area (Å²) in [5, 5.41) is 2.32. The third-order valence-corrected chi connectivity index (χ3v) is 4.51. The van der Waals surface area contributed by atoms with E-state index in [1.807, 2.05) is 0 Å². The maximum atomic E-state index is 3.54. The van der Waals surface area contributed by atoms with E-state index in [-0.39, 0.29) is 0 Å². The summed E-state index contributed by atoms with van der Waals surface area (Å²) >= 11 is 7.08. The molecule has 1 fully saturated rings. The molecule has 0 atom stereocenters. The lowest BCUT2D eigenvalue weighted by molar-refractivity contribution is 0.125. The predicted molar refractivity (Wildman–Crippen MR) is 48.4 cm³/mol. The summed E-state index contributed by atoms with van der Waals surface area (Å²) in [6.45, 7) is 2.32. The fourth-order valence-electron chi connectivity index (χ4n) is 1.67. The van der Waals surface area contributed by atoms with Crippen molar-refractivity contribution in [2.45, 2.75) is 19.8 Å². The highest BCUT2D eigenvalue weighted by Gasteiger charge is 2.39. The Kier molecular flexibility index (Phi) is 2.61. The molecule has 1 saturated carbocycles. The van der Waals surface area contributed by atoms with Gasteiger partial charge in [-0.3, -0.25) is 0 Å². The average molecular weight is 256 g/mol. The van der Waals surface area contributed by atoms with Crippen molar-refractivity contribution in [3.8, 4) is 0 Å². The third kappa shape index (κ3) is 1.51. The van der Waals surface area contributed by atoms with Crippen molar-refractivity contribution in [1.82, 2.24) is 0 Å². The molecule has 0 aromatic heterocycles. The van der Waals surface area contributed by atoms with E-state index >= 15 is 0 Å². The molecule has 0 amide bonds. The van der Waals surface area contributed by atoms with Crippen LogP contribution in [0.4, 0.5) is 0 Å². The quantitative estimate of drug-likeness (QED) is 0.665. The van der Waals surface area contributed by atoms with Gasteiger partial charge in [-0.1, -0.05) is 38.8 Å². The minimum atomic E-state index is 0.611. The summed E-state index contributed by atoms with van der Waals surface area (Å²) in [6, 6.07) is 0. The molecule has 0 nitrogen and oxygen atoms in total. The maximum absolute atomic E-state index is 3.54. The Morgan fingerprint density at radius 1 is 1.33 bits per heavy atom. The van der Waals surface area contributed by atoms with Crippen LogP contribution < -0.4 is 0 Å².